The number of azo groups is 1. The van der Waals surface area contributed by atoms with Gasteiger partial charge in [0.25, 0.3) is 0 Å². The van der Waals surface area contributed by atoms with Gasteiger partial charge in [-0.05, 0) is 36.8 Å². The SMILES string of the molecule is Cc1cc(N=Nc2ccccn2)c(N)cc1N. The van der Waals surface area contributed by atoms with E-state index in [0.29, 0.717) is 22.9 Å². The fourth-order valence-electron chi connectivity index (χ4n) is 1.33. The number of aryl methyl sites for hydroxylation is 1. The van der Waals surface area contributed by atoms with E-state index in [0.717, 1.165) is 5.56 Å². The van der Waals surface area contributed by atoms with Crippen LogP contribution in [0.4, 0.5) is 22.9 Å². The van der Waals surface area contributed by atoms with Gasteiger partial charge in [-0.25, -0.2) is 4.98 Å². The smallest absolute Gasteiger partial charge is 0.174 e. The number of anilines is 2. The summed E-state index contributed by atoms with van der Waals surface area (Å²) in [6.07, 6.45) is 1.66. The first-order chi connectivity index (χ1) is 8.16. The lowest BCUT2D eigenvalue weighted by atomic mass is 10.1. The molecule has 5 heteroatoms. The quantitative estimate of drug-likeness (QED) is 0.610. The fraction of sp³-hybridized carbons (Fsp3) is 0.0833. The molecule has 0 aliphatic heterocycles. The van der Waals surface area contributed by atoms with Crippen molar-refractivity contribution >= 4 is 22.9 Å². The summed E-state index contributed by atoms with van der Waals surface area (Å²) < 4.78 is 0. The van der Waals surface area contributed by atoms with Crippen LogP contribution in [0.2, 0.25) is 0 Å². The van der Waals surface area contributed by atoms with Gasteiger partial charge < -0.3 is 11.5 Å². The van der Waals surface area contributed by atoms with E-state index < -0.39 is 0 Å². The summed E-state index contributed by atoms with van der Waals surface area (Å²) in [5, 5.41) is 8.06. The largest absolute Gasteiger partial charge is 0.398 e. The molecule has 1 aromatic heterocycles. The molecule has 4 N–H and O–H groups in total. The molecule has 0 bridgehead atoms. The molecule has 86 valence electrons. The minimum absolute atomic E-state index is 0.507. The Bertz CT molecular complexity index is 548. The number of hydrogen-bond donors (Lipinski definition) is 2. The zero-order valence-electron chi connectivity index (χ0n) is 9.46. The molecule has 5 nitrogen and oxygen atoms in total. The van der Waals surface area contributed by atoms with Crippen LogP contribution in [-0.2, 0) is 0 Å². The molecular weight excluding hydrogens is 214 g/mol. The molecule has 0 saturated carbocycles. The van der Waals surface area contributed by atoms with Crippen LogP contribution in [0, 0.1) is 6.92 Å². The van der Waals surface area contributed by atoms with E-state index in [-0.39, 0.29) is 0 Å². The van der Waals surface area contributed by atoms with Crippen molar-refractivity contribution in [3.8, 4) is 0 Å². The number of aromatic nitrogens is 1. The number of benzene rings is 1. The first-order valence-electron chi connectivity index (χ1n) is 5.15. The first kappa shape index (κ1) is 11.1. The highest BCUT2D eigenvalue weighted by atomic mass is 15.1. The standard InChI is InChI=1S/C12H13N5/c1-8-6-11(10(14)7-9(8)13)16-17-12-4-2-3-5-15-12/h2-7H,13-14H2,1H3. The third kappa shape index (κ3) is 2.57. The Kier molecular flexibility index (Phi) is 3.00. The van der Waals surface area contributed by atoms with Gasteiger partial charge >= 0.3 is 0 Å². The van der Waals surface area contributed by atoms with Crippen LogP contribution in [0.25, 0.3) is 0 Å². The third-order valence-corrected chi connectivity index (χ3v) is 2.32. The topological polar surface area (TPSA) is 89.6 Å². The van der Waals surface area contributed by atoms with Gasteiger partial charge in [0.2, 0.25) is 0 Å². The molecule has 1 heterocycles. The number of nitrogen functional groups attached to an aromatic ring is 2. The molecule has 0 unspecified atom stereocenters. The van der Waals surface area contributed by atoms with E-state index in [1.54, 1.807) is 24.4 Å². The minimum Gasteiger partial charge on any atom is -0.398 e. The molecule has 0 aliphatic rings. The monoisotopic (exact) mass is 227 g/mol. The Morgan fingerprint density at radius 2 is 1.88 bits per heavy atom. The maximum atomic E-state index is 5.80. The zero-order chi connectivity index (χ0) is 12.3. The second kappa shape index (κ2) is 4.61. The van der Waals surface area contributed by atoms with Gasteiger partial charge in [0.1, 0.15) is 5.69 Å². The Balaban J connectivity index is 2.31. The predicted molar refractivity (Wildman–Crippen MR) is 68.4 cm³/mol. The molecule has 1 aromatic carbocycles. The minimum atomic E-state index is 0.507. The predicted octanol–water partition coefficient (Wildman–Crippen LogP) is 2.97. The number of rotatable bonds is 2. The van der Waals surface area contributed by atoms with E-state index in [2.05, 4.69) is 15.2 Å². The van der Waals surface area contributed by atoms with Crippen LogP contribution in [-0.4, -0.2) is 4.98 Å². The summed E-state index contributed by atoms with van der Waals surface area (Å²) in [6, 6.07) is 8.92. The lowest BCUT2D eigenvalue weighted by molar-refractivity contribution is 1.15. The Labute approximate surface area is 99.2 Å². The fourth-order valence-corrected chi connectivity index (χ4v) is 1.33. The Hall–Kier alpha value is -2.43. The van der Waals surface area contributed by atoms with Gasteiger partial charge in [0, 0.05) is 11.9 Å². The Morgan fingerprint density at radius 3 is 2.59 bits per heavy atom. The van der Waals surface area contributed by atoms with Crippen LogP contribution < -0.4 is 11.5 Å². The van der Waals surface area contributed by atoms with Crippen molar-refractivity contribution in [2.75, 3.05) is 11.5 Å². The molecular formula is C12H13N5. The molecule has 0 amide bonds. The molecule has 17 heavy (non-hydrogen) atoms. The second-order valence-electron chi connectivity index (χ2n) is 3.66. The number of pyridine rings is 1. The van der Waals surface area contributed by atoms with Gasteiger partial charge in [-0.15, -0.1) is 10.2 Å². The molecule has 0 saturated heterocycles. The zero-order valence-corrected chi connectivity index (χ0v) is 9.46. The van der Waals surface area contributed by atoms with E-state index in [1.165, 1.54) is 0 Å². The van der Waals surface area contributed by atoms with E-state index >= 15 is 0 Å². The van der Waals surface area contributed by atoms with Gasteiger partial charge in [0.15, 0.2) is 5.82 Å². The van der Waals surface area contributed by atoms with Crippen molar-refractivity contribution in [2.24, 2.45) is 10.2 Å². The highest BCUT2D eigenvalue weighted by molar-refractivity contribution is 5.70. The molecule has 0 aliphatic carbocycles. The van der Waals surface area contributed by atoms with Crippen LogP contribution >= 0.6 is 0 Å². The lowest BCUT2D eigenvalue weighted by Crippen LogP contribution is -1.93. The number of nitrogens with two attached hydrogens (primary N) is 2. The van der Waals surface area contributed by atoms with Crippen LogP contribution in [0.5, 0.6) is 0 Å². The van der Waals surface area contributed by atoms with Crippen LogP contribution in [0.3, 0.4) is 0 Å². The maximum Gasteiger partial charge on any atom is 0.174 e. The van der Waals surface area contributed by atoms with E-state index in [4.69, 9.17) is 11.5 Å². The van der Waals surface area contributed by atoms with Crippen molar-refractivity contribution in [3.63, 3.8) is 0 Å². The van der Waals surface area contributed by atoms with Gasteiger partial charge in [0.05, 0.1) is 5.69 Å². The molecule has 0 fully saturated rings. The third-order valence-electron chi connectivity index (χ3n) is 2.32. The average Bonchev–Trinajstić information content (AvgIpc) is 2.33. The van der Waals surface area contributed by atoms with E-state index in [9.17, 15) is 0 Å². The van der Waals surface area contributed by atoms with E-state index in [1.807, 2.05) is 19.1 Å². The summed E-state index contributed by atoms with van der Waals surface area (Å²) in [7, 11) is 0. The van der Waals surface area contributed by atoms with Crippen molar-refractivity contribution in [1.29, 1.82) is 0 Å². The van der Waals surface area contributed by atoms with Gasteiger partial charge in [-0.2, -0.15) is 0 Å². The summed E-state index contributed by atoms with van der Waals surface area (Å²) in [4.78, 5) is 4.04. The molecule has 0 radical (unpaired) electrons. The summed E-state index contributed by atoms with van der Waals surface area (Å²) >= 11 is 0. The normalized spacial score (nSPS) is 10.9. The van der Waals surface area contributed by atoms with Crippen LogP contribution in [0.15, 0.2) is 46.8 Å². The highest BCUT2D eigenvalue weighted by Gasteiger charge is 2.01. The maximum absolute atomic E-state index is 5.80. The number of nitrogens with zero attached hydrogens (tertiary/aromatic N) is 3. The highest BCUT2D eigenvalue weighted by Crippen LogP contribution is 2.28. The molecule has 0 spiro atoms. The summed E-state index contributed by atoms with van der Waals surface area (Å²) in [6.45, 7) is 1.90. The van der Waals surface area contributed by atoms with Gasteiger partial charge in [-0.3, -0.25) is 0 Å². The molecule has 2 aromatic rings. The average molecular weight is 227 g/mol. The molecule has 2 rings (SSSR count). The van der Waals surface area contributed by atoms with Crippen molar-refractivity contribution in [2.45, 2.75) is 6.92 Å². The van der Waals surface area contributed by atoms with Crippen molar-refractivity contribution in [3.05, 3.63) is 42.1 Å². The second-order valence-corrected chi connectivity index (χ2v) is 3.66. The first-order valence-corrected chi connectivity index (χ1v) is 5.15. The van der Waals surface area contributed by atoms with Crippen LogP contribution in [0.1, 0.15) is 5.56 Å². The Morgan fingerprint density at radius 1 is 1.06 bits per heavy atom. The number of hydrogen-bond acceptors (Lipinski definition) is 5. The van der Waals surface area contributed by atoms with Gasteiger partial charge in [-0.1, -0.05) is 6.07 Å². The van der Waals surface area contributed by atoms with Crippen molar-refractivity contribution in [1.82, 2.24) is 4.98 Å². The summed E-state index contributed by atoms with van der Waals surface area (Å²) in [5.41, 5.74) is 14.2. The summed E-state index contributed by atoms with van der Waals surface area (Å²) in [5.74, 6) is 0.543. The van der Waals surface area contributed by atoms with Crippen molar-refractivity contribution < 1.29 is 0 Å². The molecule has 0 atom stereocenters. The lowest BCUT2D eigenvalue weighted by Gasteiger charge is -2.04.